The number of rotatable bonds is 2. The van der Waals surface area contributed by atoms with Crippen LogP contribution in [0.3, 0.4) is 0 Å². The van der Waals surface area contributed by atoms with Gasteiger partial charge in [0.2, 0.25) is 0 Å². The Labute approximate surface area is 103 Å². The molecule has 0 fully saturated rings. The van der Waals surface area contributed by atoms with Crippen molar-refractivity contribution in [1.29, 1.82) is 0 Å². The minimum atomic E-state index is -0.199. The van der Waals surface area contributed by atoms with E-state index in [-0.39, 0.29) is 11.5 Å². The molecule has 0 aliphatic carbocycles. The van der Waals surface area contributed by atoms with E-state index in [1.165, 1.54) is 18.2 Å². The number of hydrogen-bond donors (Lipinski definition) is 2. The van der Waals surface area contributed by atoms with Crippen molar-refractivity contribution in [3.8, 4) is 5.75 Å². The molecule has 4 heteroatoms. The fourth-order valence-corrected chi connectivity index (χ4v) is 1.76. The van der Waals surface area contributed by atoms with Gasteiger partial charge in [0.25, 0.3) is 0 Å². The molecule has 0 spiro atoms. The van der Waals surface area contributed by atoms with Crippen LogP contribution in [0.1, 0.15) is 15.9 Å². The maximum atomic E-state index is 12.1. The average Bonchev–Trinajstić information content (AvgIpc) is 2.29. The van der Waals surface area contributed by atoms with Crippen LogP contribution < -0.4 is 5.73 Å². The molecular formula is C13H10ClNO2. The monoisotopic (exact) mass is 247 g/mol. The molecule has 2 aromatic carbocycles. The topological polar surface area (TPSA) is 63.3 Å². The molecule has 0 unspecified atom stereocenters. The summed E-state index contributed by atoms with van der Waals surface area (Å²) in [7, 11) is 0. The first kappa shape index (κ1) is 11.5. The molecule has 0 saturated heterocycles. The van der Waals surface area contributed by atoms with Crippen LogP contribution in [0.4, 0.5) is 5.69 Å². The highest BCUT2D eigenvalue weighted by Crippen LogP contribution is 2.22. The van der Waals surface area contributed by atoms with Gasteiger partial charge in [0.15, 0.2) is 5.78 Å². The number of hydrogen-bond acceptors (Lipinski definition) is 3. The van der Waals surface area contributed by atoms with Crippen LogP contribution in [0.5, 0.6) is 5.75 Å². The number of aromatic hydroxyl groups is 1. The Morgan fingerprint density at radius 2 is 1.76 bits per heavy atom. The third-order valence-corrected chi connectivity index (χ3v) is 2.68. The molecule has 0 aliphatic heterocycles. The van der Waals surface area contributed by atoms with E-state index < -0.39 is 0 Å². The quantitative estimate of drug-likeness (QED) is 0.634. The SMILES string of the molecule is Nc1ccc(C(=O)c2ccc(O)cc2)c(Cl)c1. The number of carbonyl (C=O) groups is 1. The first-order valence-electron chi connectivity index (χ1n) is 4.96. The summed E-state index contributed by atoms with van der Waals surface area (Å²) in [6.07, 6.45) is 0. The Morgan fingerprint density at radius 1 is 1.12 bits per heavy atom. The van der Waals surface area contributed by atoms with Crippen molar-refractivity contribution in [2.75, 3.05) is 5.73 Å². The molecular weight excluding hydrogens is 238 g/mol. The second-order valence-corrected chi connectivity index (χ2v) is 4.02. The highest BCUT2D eigenvalue weighted by atomic mass is 35.5. The van der Waals surface area contributed by atoms with E-state index in [9.17, 15) is 4.79 Å². The van der Waals surface area contributed by atoms with Crippen molar-refractivity contribution in [3.05, 3.63) is 58.6 Å². The zero-order chi connectivity index (χ0) is 12.4. The third kappa shape index (κ3) is 2.40. The molecule has 0 bridgehead atoms. The van der Waals surface area contributed by atoms with E-state index in [1.54, 1.807) is 24.3 Å². The summed E-state index contributed by atoms with van der Waals surface area (Å²) < 4.78 is 0. The predicted octanol–water partition coefficient (Wildman–Crippen LogP) is 2.86. The van der Waals surface area contributed by atoms with Gasteiger partial charge in [-0.25, -0.2) is 0 Å². The Balaban J connectivity index is 2.40. The van der Waals surface area contributed by atoms with Crippen molar-refractivity contribution in [3.63, 3.8) is 0 Å². The summed E-state index contributed by atoms with van der Waals surface area (Å²) in [5.41, 5.74) is 6.93. The summed E-state index contributed by atoms with van der Waals surface area (Å²) in [4.78, 5) is 12.1. The standard InChI is InChI=1S/C13H10ClNO2/c14-12-7-9(15)3-6-11(12)13(17)8-1-4-10(16)5-2-8/h1-7,16H,15H2. The maximum Gasteiger partial charge on any atom is 0.194 e. The molecule has 2 aromatic rings. The van der Waals surface area contributed by atoms with Crippen LogP contribution in [0.2, 0.25) is 5.02 Å². The van der Waals surface area contributed by atoms with Crippen LogP contribution in [0.15, 0.2) is 42.5 Å². The number of carbonyl (C=O) groups excluding carboxylic acids is 1. The fourth-order valence-electron chi connectivity index (χ4n) is 1.48. The lowest BCUT2D eigenvalue weighted by atomic mass is 10.0. The number of anilines is 1. The van der Waals surface area contributed by atoms with Crippen molar-refractivity contribution in [2.24, 2.45) is 0 Å². The Hall–Kier alpha value is -2.00. The maximum absolute atomic E-state index is 12.1. The second kappa shape index (κ2) is 4.47. The van der Waals surface area contributed by atoms with Crippen molar-refractivity contribution >= 4 is 23.1 Å². The Morgan fingerprint density at radius 3 is 2.35 bits per heavy atom. The number of benzene rings is 2. The third-order valence-electron chi connectivity index (χ3n) is 2.37. The van der Waals surface area contributed by atoms with Crippen LogP contribution in [0, 0.1) is 0 Å². The van der Waals surface area contributed by atoms with Gasteiger partial charge in [-0.15, -0.1) is 0 Å². The number of nitrogens with two attached hydrogens (primary N) is 1. The van der Waals surface area contributed by atoms with Crippen LogP contribution in [-0.2, 0) is 0 Å². The van der Waals surface area contributed by atoms with E-state index >= 15 is 0 Å². The Bertz CT molecular complexity index is 564. The molecule has 0 heterocycles. The van der Waals surface area contributed by atoms with Crippen LogP contribution in [0.25, 0.3) is 0 Å². The molecule has 0 atom stereocenters. The summed E-state index contributed by atoms with van der Waals surface area (Å²) in [6, 6.07) is 10.8. The van der Waals surface area contributed by atoms with E-state index in [0.29, 0.717) is 21.8 Å². The predicted molar refractivity (Wildman–Crippen MR) is 67.4 cm³/mol. The van der Waals surface area contributed by atoms with Gasteiger partial charge in [0, 0.05) is 16.8 Å². The molecule has 3 nitrogen and oxygen atoms in total. The summed E-state index contributed by atoms with van der Waals surface area (Å²) in [6.45, 7) is 0. The summed E-state index contributed by atoms with van der Waals surface area (Å²) in [5, 5.41) is 9.47. The van der Waals surface area contributed by atoms with Gasteiger partial charge < -0.3 is 10.8 Å². The molecule has 86 valence electrons. The molecule has 3 N–H and O–H groups in total. The minimum absolute atomic E-state index is 0.116. The molecule has 0 saturated carbocycles. The van der Waals surface area contributed by atoms with Crippen LogP contribution >= 0.6 is 11.6 Å². The zero-order valence-electron chi connectivity index (χ0n) is 8.85. The number of halogens is 1. The van der Waals surface area contributed by atoms with Crippen molar-refractivity contribution in [1.82, 2.24) is 0 Å². The highest BCUT2D eigenvalue weighted by Gasteiger charge is 2.12. The van der Waals surface area contributed by atoms with E-state index in [1.807, 2.05) is 0 Å². The Kier molecular flexibility index (Phi) is 3.02. The second-order valence-electron chi connectivity index (χ2n) is 3.62. The molecule has 0 aromatic heterocycles. The number of nitrogen functional groups attached to an aromatic ring is 1. The number of phenolic OH excluding ortho intramolecular Hbond substituents is 1. The molecule has 0 radical (unpaired) electrons. The van der Waals surface area contributed by atoms with Gasteiger partial charge in [-0.3, -0.25) is 4.79 Å². The van der Waals surface area contributed by atoms with E-state index in [2.05, 4.69) is 0 Å². The lowest BCUT2D eigenvalue weighted by Crippen LogP contribution is -2.02. The first-order chi connectivity index (χ1) is 8.08. The van der Waals surface area contributed by atoms with Gasteiger partial charge in [-0.1, -0.05) is 11.6 Å². The van der Waals surface area contributed by atoms with Crippen LogP contribution in [-0.4, -0.2) is 10.9 Å². The van der Waals surface area contributed by atoms with Gasteiger partial charge in [-0.05, 0) is 42.5 Å². The molecule has 0 amide bonds. The lowest BCUT2D eigenvalue weighted by Gasteiger charge is -2.04. The van der Waals surface area contributed by atoms with Crippen molar-refractivity contribution < 1.29 is 9.90 Å². The zero-order valence-corrected chi connectivity index (χ0v) is 9.61. The number of phenols is 1. The number of ketones is 1. The fraction of sp³-hybridized carbons (Fsp3) is 0. The molecule has 2 rings (SSSR count). The van der Waals surface area contributed by atoms with E-state index in [4.69, 9.17) is 22.4 Å². The normalized spacial score (nSPS) is 10.2. The average molecular weight is 248 g/mol. The minimum Gasteiger partial charge on any atom is -0.508 e. The summed E-state index contributed by atoms with van der Waals surface area (Å²) >= 11 is 5.96. The highest BCUT2D eigenvalue weighted by molar-refractivity contribution is 6.35. The largest absolute Gasteiger partial charge is 0.508 e. The van der Waals surface area contributed by atoms with Gasteiger partial charge in [-0.2, -0.15) is 0 Å². The smallest absolute Gasteiger partial charge is 0.194 e. The van der Waals surface area contributed by atoms with Crippen molar-refractivity contribution in [2.45, 2.75) is 0 Å². The first-order valence-corrected chi connectivity index (χ1v) is 5.34. The van der Waals surface area contributed by atoms with Gasteiger partial charge in [0.05, 0.1) is 5.02 Å². The molecule has 17 heavy (non-hydrogen) atoms. The van der Waals surface area contributed by atoms with Gasteiger partial charge >= 0.3 is 0 Å². The van der Waals surface area contributed by atoms with Gasteiger partial charge in [0.1, 0.15) is 5.75 Å². The van der Waals surface area contributed by atoms with E-state index in [0.717, 1.165) is 0 Å². The lowest BCUT2D eigenvalue weighted by molar-refractivity contribution is 0.103. The molecule has 0 aliphatic rings. The summed E-state index contributed by atoms with van der Waals surface area (Å²) in [5.74, 6) is -0.0834.